The van der Waals surface area contributed by atoms with Crippen molar-refractivity contribution in [3.05, 3.63) is 42.1 Å². The summed E-state index contributed by atoms with van der Waals surface area (Å²) in [6.07, 6.45) is 4.10. The molecule has 2 aromatic rings. The van der Waals surface area contributed by atoms with Crippen LogP contribution in [-0.4, -0.2) is 42.3 Å². The minimum Gasteiger partial charge on any atom is -0.465 e. The summed E-state index contributed by atoms with van der Waals surface area (Å²) in [5.41, 5.74) is 1.33. The number of ether oxygens (including phenoxy) is 2. The Balaban J connectivity index is 1.60. The second-order valence-corrected chi connectivity index (χ2v) is 5.48. The van der Waals surface area contributed by atoms with Crippen molar-refractivity contribution in [2.24, 2.45) is 0 Å². The van der Waals surface area contributed by atoms with E-state index in [0.717, 1.165) is 25.1 Å². The van der Waals surface area contributed by atoms with Gasteiger partial charge in [-0.2, -0.15) is 4.98 Å². The van der Waals surface area contributed by atoms with E-state index >= 15 is 0 Å². The van der Waals surface area contributed by atoms with E-state index in [1.54, 1.807) is 36.5 Å². The zero-order chi connectivity index (χ0) is 16.8. The number of nitrogens with one attached hydrogen (secondary N) is 2. The number of hydrogen-bond acceptors (Lipinski definition) is 7. The molecular formula is C17H20N4O3. The quantitative estimate of drug-likeness (QED) is 0.788. The predicted molar refractivity (Wildman–Crippen MR) is 90.6 cm³/mol. The molecule has 1 aliphatic heterocycles. The monoisotopic (exact) mass is 328 g/mol. The first-order valence-corrected chi connectivity index (χ1v) is 7.88. The van der Waals surface area contributed by atoms with Gasteiger partial charge in [-0.15, -0.1) is 0 Å². The molecule has 1 atom stereocenters. The highest BCUT2D eigenvalue weighted by atomic mass is 16.5. The van der Waals surface area contributed by atoms with Crippen LogP contribution in [0.15, 0.2) is 36.5 Å². The van der Waals surface area contributed by atoms with Gasteiger partial charge in [0.05, 0.1) is 18.8 Å². The Morgan fingerprint density at radius 2 is 2.17 bits per heavy atom. The molecule has 1 saturated heterocycles. The SMILES string of the molecule is COC(=O)c1ccc(Nc2ccnc(NCC3CCCO3)n2)cc1. The smallest absolute Gasteiger partial charge is 0.337 e. The van der Waals surface area contributed by atoms with Crippen LogP contribution in [0.2, 0.25) is 0 Å². The third-order valence-electron chi connectivity index (χ3n) is 3.75. The van der Waals surface area contributed by atoms with Crippen LogP contribution >= 0.6 is 0 Å². The summed E-state index contributed by atoms with van der Waals surface area (Å²) in [5, 5.41) is 6.38. The van der Waals surface area contributed by atoms with Gasteiger partial charge in [0, 0.05) is 25.0 Å². The molecule has 0 radical (unpaired) electrons. The van der Waals surface area contributed by atoms with Crippen molar-refractivity contribution in [2.75, 3.05) is 30.9 Å². The van der Waals surface area contributed by atoms with Gasteiger partial charge in [0.15, 0.2) is 0 Å². The molecule has 0 amide bonds. The van der Waals surface area contributed by atoms with Gasteiger partial charge >= 0.3 is 5.97 Å². The van der Waals surface area contributed by atoms with Gasteiger partial charge in [0.25, 0.3) is 0 Å². The van der Waals surface area contributed by atoms with Crippen molar-refractivity contribution in [3.8, 4) is 0 Å². The number of hydrogen-bond donors (Lipinski definition) is 2. The molecule has 3 rings (SSSR count). The molecule has 1 fully saturated rings. The highest BCUT2D eigenvalue weighted by Crippen LogP contribution is 2.17. The zero-order valence-corrected chi connectivity index (χ0v) is 13.5. The molecule has 7 heteroatoms. The molecule has 126 valence electrons. The topological polar surface area (TPSA) is 85.4 Å². The molecule has 2 heterocycles. The highest BCUT2D eigenvalue weighted by Gasteiger charge is 2.15. The predicted octanol–water partition coefficient (Wildman–Crippen LogP) is 2.60. The molecule has 7 nitrogen and oxygen atoms in total. The van der Waals surface area contributed by atoms with Crippen LogP contribution in [0.3, 0.4) is 0 Å². The third-order valence-corrected chi connectivity index (χ3v) is 3.75. The van der Waals surface area contributed by atoms with E-state index in [9.17, 15) is 4.79 Å². The standard InChI is InChI=1S/C17H20N4O3/c1-23-16(22)12-4-6-13(7-5-12)20-15-8-9-18-17(21-15)19-11-14-3-2-10-24-14/h4-9,14H,2-3,10-11H2,1H3,(H2,18,19,20,21). The molecule has 0 bridgehead atoms. The lowest BCUT2D eigenvalue weighted by Gasteiger charge is -2.11. The van der Waals surface area contributed by atoms with Crippen LogP contribution in [0.4, 0.5) is 17.5 Å². The minimum absolute atomic E-state index is 0.232. The fourth-order valence-corrected chi connectivity index (χ4v) is 2.48. The van der Waals surface area contributed by atoms with E-state index in [1.165, 1.54) is 7.11 Å². The Morgan fingerprint density at radius 1 is 1.33 bits per heavy atom. The normalized spacial score (nSPS) is 16.6. The first kappa shape index (κ1) is 16.2. The van der Waals surface area contributed by atoms with E-state index in [4.69, 9.17) is 4.74 Å². The van der Waals surface area contributed by atoms with Crippen LogP contribution < -0.4 is 10.6 Å². The zero-order valence-electron chi connectivity index (χ0n) is 13.5. The molecule has 0 saturated carbocycles. The van der Waals surface area contributed by atoms with Gasteiger partial charge in [-0.25, -0.2) is 9.78 Å². The molecule has 1 aromatic carbocycles. The molecule has 0 aliphatic carbocycles. The molecular weight excluding hydrogens is 308 g/mol. The van der Waals surface area contributed by atoms with Crippen molar-refractivity contribution in [2.45, 2.75) is 18.9 Å². The van der Waals surface area contributed by atoms with E-state index in [-0.39, 0.29) is 12.1 Å². The maximum absolute atomic E-state index is 11.4. The van der Waals surface area contributed by atoms with Gasteiger partial charge in [-0.1, -0.05) is 0 Å². The van der Waals surface area contributed by atoms with E-state index in [2.05, 4.69) is 25.3 Å². The molecule has 2 N–H and O–H groups in total. The molecule has 1 unspecified atom stereocenters. The Labute approximate surface area is 140 Å². The number of anilines is 3. The number of aromatic nitrogens is 2. The number of nitrogens with zero attached hydrogens (tertiary/aromatic N) is 2. The average molecular weight is 328 g/mol. The largest absolute Gasteiger partial charge is 0.465 e. The number of esters is 1. The van der Waals surface area contributed by atoms with Crippen molar-refractivity contribution in [1.82, 2.24) is 9.97 Å². The number of carbonyl (C=O) groups excluding carboxylic acids is 1. The lowest BCUT2D eigenvalue weighted by molar-refractivity contribution is 0.0601. The summed E-state index contributed by atoms with van der Waals surface area (Å²) in [6, 6.07) is 8.78. The van der Waals surface area contributed by atoms with Crippen LogP contribution in [0, 0.1) is 0 Å². The summed E-state index contributed by atoms with van der Waals surface area (Å²) >= 11 is 0. The Kier molecular flexibility index (Phi) is 5.22. The maximum Gasteiger partial charge on any atom is 0.337 e. The Bertz CT molecular complexity index is 684. The molecule has 0 spiro atoms. The fraction of sp³-hybridized carbons (Fsp3) is 0.353. The Hall–Kier alpha value is -2.67. The molecule has 1 aliphatic rings. The summed E-state index contributed by atoms with van der Waals surface area (Å²) in [4.78, 5) is 20.1. The fourth-order valence-electron chi connectivity index (χ4n) is 2.48. The lowest BCUT2D eigenvalue weighted by atomic mass is 10.2. The summed E-state index contributed by atoms with van der Waals surface area (Å²) < 4.78 is 10.2. The van der Waals surface area contributed by atoms with Crippen molar-refractivity contribution in [3.63, 3.8) is 0 Å². The second-order valence-electron chi connectivity index (χ2n) is 5.48. The van der Waals surface area contributed by atoms with Crippen LogP contribution in [0.1, 0.15) is 23.2 Å². The van der Waals surface area contributed by atoms with Crippen molar-refractivity contribution in [1.29, 1.82) is 0 Å². The van der Waals surface area contributed by atoms with Gasteiger partial charge in [-0.05, 0) is 43.2 Å². The van der Waals surface area contributed by atoms with Crippen LogP contribution in [-0.2, 0) is 9.47 Å². The van der Waals surface area contributed by atoms with Crippen molar-refractivity contribution >= 4 is 23.4 Å². The summed E-state index contributed by atoms with van der Waals surface area (Å²) in [6.45, 7) is 1.54. The van der Waals surface area contributed by atoms with Gasteiger partial charge in [0.2, 0.25) is 5.95 Å². The number of methoxy groups -OCH3 is 1. The second kappa shape index (κ2) is 7.74. The first-order chi connectivity index (χ1) is 11.7. The Morgan fingerprint density at radius 3 is 2.88 bits per heavy atom. The van der Waals surface area contributed by atoms with Gasteiger partial charge in [0.1, 0.15) is 5.82 Å². The van der Waals surface area contributed by atoms with Gasteiger partial charge in [-0.3, -0.25) is 0 Å². The van der Waals surface area contributed by atoms with E-state index in [1.807, 2.05) is 0 Å². The number of benzene rings is 1. The molecule has 1 aromatic heterocycles. The lowest BCUT2D eigenvalue weighted by Crippen LogP contribution is -2.19. The first-order valence-electron chi connectivity index (χ1n) is 7.88. The highest BCUT2D eigenvalue weighted by molar-refractivity contribution is 5.89. The van der Waals surface area contributed by atoms with Crippen LogP contribution in [0.25, 0.3) is 0 Å². The summed E-state index contributed by atoms with van der Waals surface area (Å²) in [5.74, 6) is 0.872. The van der Waals surface area contributed by atoms with E-state index < -0.39 is 0 Å². The maximum atomic E-state index is 11.4. The van der Waals surface area contributed by atoms with Crippen molar-refractivity contribution < 1.29 is 14.3 Å². The summed E-state index contributed by atoms with van der Waals surface area (Å²) in [7, 11) is 1.36. The minimum atomic E-state index is -0.357. The average Bonchev–Trinajstić information content (AvgIpc) is 3.14. The number of rotatable bonds is 6. The molecule has 24 heavy (non-hydrogen) atoms. The van der Waals surface area contributed by atoms with E-state index in [0.29, 0.717) is 23.9 Å². The van der Waals surface area contributed by atoms with Crippen LogP contribution in [0.5, 0.6) is 0 Å². The number of carbonyl (C=O) groups is 1. The van der Waals surface area contributed by atoms with Gasteiger partial charge < -0.3 is 20.1 Å². The third kappa shape index (κ3) is 4.20.